The Morgan fingerprint density at radius 3 is 1.41 bits per heavy atom. The number of phosphoric acid groups is 1. The van der Waals surface area contributed by atoms with E-state index in [0.29, 0.717) is 23.9 Å². The molecule has 0 spiro atoms. The number of aliphatic hydroxyl groups is 1. The molecule has 2 N–H and O–H groups in total. The quantitative estimate of drug-likeness (QED) is 0.0273. The van der Waals surface area contributed by atoms with Crippen LogP contribution in [0.5, 0.6) is 0 Å². The summed E-state index contributed by atoms with van der Waals surface area (Å²) in [5.41, 5.74) is 0. The fourth-order valence-electron chi connectivity index (χ4n) is 7.42. The number of hydrogen-bond donors (Lipinski definition) is 2. The third kappa shape index (κ3) is 48.0. The van der Waals surface area contributed by atoms with Crippen molar-refractivity contribution in [3.8, 4) is 0 Å². The minimum absolute atomic E-state index is 0.00553. The van der Waals surface area contributed by atoms with Crippen LogP contribution in [-0.2, 0) is 18.4 Å². The number of carbonyl (C=O) groups excluding carboxylic acids is 1. The summed E-state index contributed by atoms with van der Waals surface area (Å²) in [6.45, 7) is 4.60. The van der Waals surface area contributed by atoms with Crippen LogP contribution in [0.1, 0.15) is 226 Å². The maximum absolute atomic E-state index is 12.9. The SMILES string of the molecule is CC/C=C\C/C=C\C/C=C\C/C=C\C/C=C\CCCCCCCC(=O)NC(COP(=O)([O-])OCC[N+](C)(C)C)C(O)CCCCCCCCCCCCCCCCCCCCCC. The van der Waals surface area contributed by atoms with Crippen LogP contribution in [0.4, 0.5) is 0 Å². The van der Waals surface area contributed by atoms with Crippen molar-refractivity contribution in [2.24, 2.45) is 0 Å². The molecule has 368 valence electrons. The molecule has 0 heterocycles. The first kappa shape index (κ1) is 61.2. The summed E-state index contributed by atoms with van der Waals surface area (Å²) in [5, 5.41) is 14.0. The van der Waals surface area contributed by atoms with Gasteiger partial charge in [-0.1, -0.05) is 222 Å². The van der Waals surface area contributed by atoms with Crippen LogP contribution in [0.2, 0.25) is 0 Å². The summed E-state index contributed by atoms with van der Waals surface area (Å²) < 4.78 is 23.4. The van der Waals surface area contributed by atoms with Crippen LogP contribution in [0.15, 0.2) is 60.8 Å². The van der Waals surface area contributed by atoms with Crippen LogP contribution in [-0.4, -0.2) is 68.5 Å². The molecule has 3 atom stereocenters. The maximum atomic E-state index is 12.9. The number of nitrogens with one attached hydrogen (secondary N) is 1. The minimum atomic E-state index is -4.58. The van der Waals surface area contributed by atoms with Gasteiger partial charge in [-0.05, 0) is 57.8 Å². The minimum Gasteiger partial charge on any atom is -0.756 e. The predicted octanol–water partition coefficient (Wildman–Crippen LogP) is 14.7. The number of amides is 1. The Bertz CT molecular complexity index is 1210. The van der Waals surface area contributed by atoms with Crippen molar-refractivity contribution < 1.29 is 32.9 Å². The van der Waals surface area contributed by atoms with E-state index in [1.54, 1.807) is 0 Å². The molecule has 0 aromatic carbocycles. The van der Waals surface area contributed by atoms with Crippen LogP contribution in [0, 0.1) is 0 Å². The molecule has 0 aromatic rings. The number of hydrogen-bond acceptors (Lipinski definition) is 6. The smallest absolute Gasteiger partial charge is 0.268 e. The van der Waals surface area contributed by atoms with Gasteiger partial charge in [0.1, 0.15) is 13.2 Å². The molecule has 0 aliphatic carbocycles. The van der Waals surface area contributed by atoms with E-state index >= 15 is 0 Å². The Morgan fingerprint density at radius 1 is 0.571 bits per heavy atom. The van der Waals surface area contributed by atoms with Crippen molar-refractivity contribution in [1.29, 1.82) is 0 Å². The van der Waals surface area contributed by atoms with Gasteiger partial charge in [-0.25, -0.2) is 0 Å². The van der Waals surface area contributed by atoms with Gasteiger partial charge < -0.3 is 28.8 Å². The molecule has 0 fully saturated rings. The standard InChI is InChI=1S/C54H101N2O6P/c1-6-8-10-12-14-16-18-20-22-24-26-28-30-32-34-36-38-40-42-44-46-48-54(58)55-52(51-62-63(59,60)61-50-49-56(3,4)5)53(57)47-45-43-41-39-37-35-33-31-29-27-25-23-21-19-17-15-13-11-9-7-2/h8,10,14,16,20,22,26,28,32,34,52-53,57H,6-7,9,11-13,15,17-19,21,23-25,27,29-31,33,35-51H2,1-5H3,(H-,55,58,59,60)/b10-8-,16-14-,22-20-,28-26-,34-32-. The second-order valence-electron chi connectivity index (χ2n) is 18.9. The Hall–Kier alpha value is -1.80. The molecule has 0 aromatic heterocycles. The van der Waals surface area contributed by atoms with Gasteiger partial charge in [-0.3, -0.25) is 9.36 Å². The summed E-state index contributed by atoms with van der Waals surface area (Å²) in [5.74, 6) is -0.184. The first-order valence-electron chi connectivity index (χ1n) is 26.1. The van der Waals surface area contributed by atoms with E-state index in [9.17, 15) is 19.4 Å². The highest BCUT2D eigenvalue weighted by molar-refractivity contribution is 7.45. The van der Waals surface area contributed by atoms with E-state index in [1.807, 2.05) is 21.1 Å². The van der Waals surface area contributed by atoms with E-state index in [1.165, 1.54) is 109 Å². The number of allylic oxidation sites excluding steroid dienone is 10. The van der Waals surface area contributed by atoms with E-state index in [2.05, 4.69) is 79.9 Å². The summed E-state index contributed by atoms with van der Waals surface area (Å²) in [7, 11) is 1.29. The van der Waals surface area contributed by atoms with Gasteiger partial charge in [0.2, 0.25) is 5.91 Å². The Kier molecular flexibility index (Phi) is 44.1. The third-order valence-electron chi connectivity index (χ3n) is 11.5. The van der Waals surface area contributed by atoms with Crippen molar-refractivity contribution in [3.05, 3.63) is 60.8 Å². The molecule has 0 aliphatic rings. The fraction of sp³-hybridized carbons (Fsp3) is 0.796. The molecule has 0 saturated carbocycles. The van der Waals surface area contributed by atoms with Crippen molar-refractivity contribution >= 4 is 13.7 Å². The topological polar surface area (TPSA) is 108 Å². The van der Waals surface area contributed by atoms with Gasteiger partial charge in [0.05, 0.1) is 39.9 Å². The van der Waals surface area contributed by atoms with Gasteiger partial charge in [-0.15, -0.1) is 0 Å². The van der Waals surface area contributed by atoms with Gasteiger partial charge in [0, 0.05) is 6.42 Å². The number of nitrogens with zero attached hydrogens (tertiary/aromatic N) is 1. The third-order valence-corrected chi connectivity index (χ3v) is 12.5. The molecule has 9 heteroatoms. The highest BCUT2D eigenvalue weighted by atomic mass is 31.2. The Labute approximate surface area is 390 Å². The second-order valence-corrected chi connectivity index (χ2v) is 20.3. The van der Waals surface area contributed by atoms with E-state index in [0.717, 1.165) is 89.9 Å². The number of quaternary nitrogens is 1. The normalized spacial score (nSPS) is 14.6. The van der Waals surface area contributed by atoms with Crippen molar-refractivity contribution in [2.75, 3.05) is 40.9 Å². The largest absolute Gasteiger partial charge is 0.756 e. The molecule has 8 nitrogen and oxygen atoms in total. The van der Waals surface area contributed by atoms with Crippen molar-refractivity contribution in [1.82, 2.24) is 5.32 Å². The van der Waals surface area contributed by atoms with E-state index in [4.69, 9.17) is 9.05 Å². The summed E-state index contributed by atoms with van der Waals surface area (Å²) in [6.07, 6.45) is 59.4. The molecular weight excluding hydrogens is 804 g/mol. The number of phosphoric ester groups is 1. The van der Waals surface area contributed by atoms with Crippen molar-refractivity contribution in [2.45, 2.75) is 238 Å². The molecule has 1 amide bonds. The lowest BCUT2D eigenvalue weighted by molar-refractivity contribution is -0.870. The lowest BCUT2D eigenvalue weighted by Gasteiger charge is -2.30. The van der Waals surface area contributed by atoms with Gasteiger partial charge in [0.25, 0.3) is 7.82 Å². The fourth-order valence-corrected chi connectivity index (χ4v) is 8.14. The number of unbranched alkanes of at least 4 members (excludes halogenated alkanes) is 24. The monoisotopic (exact) mass is 905 g/mol. The van der Waals surface area contributed by atoms with Crippen LogP contribution >= 0.6 is 7.82 Å². The molecule has 63 heavy (non-hydrogen) atoms. The summed E-state index contributed by atoms with van der Waals surface area (Å²) >= 11 is 0. The maximum Gasteiger partial charge on any atom is 0.268 e. The zero-order valence-electron chi connectivity index (χ0n) is 41.8. The van der Waals surface area contributed by atoms with Crippen molar-refractivity contribution in [3.63, 3.8) is 0 Å². The Morgan fingerprint density at radius 2 is 0.968 bits per heavy atom. The Balaban J connectivity index is 4.31. The highest BCUT2D eigenvalue weighted by Gasteiger charge is 2.24. The first-order valence-corrected chi connectivity index (χ1v) is 27.6. The molecule has 0 aliphatic heterocycles. The second kappa shape index (κ2) is 45.4. The average Bonchev–Trinajstić information content (AvgIpc) is 3.24. The lowest BCUT2D eigenvalue weighted by atomic mass is 10.0. The number of carbonyl (C=O) groups is 1. The average molecular weight is 905 g/mol. The zero-order chi connectivity index (χ0) is 46.4. The molecule has 0 radical (unpaired) electrons. The van der Waals surface area contributed by atoms with E-state index in [-0.39, 0.29) is 19.1 Å². The summed E-state index contributed by atoms with van der Waals surface area (Å²) in [6, 6.07) is -0.814. The first-order chi connectivity index (χ1) is 30.5. The molecule has 0 saturated heterocycles. The zero-order valence-corrected chi connectivity index (χ0v) is 42.7. The summed E-state index contributed by atoms with van der Waals surface area (Å²) in [4.78, 5) is 25.5. The predicted molar refractivity (Wildman–Crippen MR) is 270 cm³/mol. The molecule has 0 bridgehead atoms. The van der Waals surface area contributed by atoms with Gasteiger partial charge >= 0.3 is 0 Å². The molecule has 3 unspecified atom stereocenters. The highest BCUT2D eigenvalue weighted by Crippen LogP contribution is 2.38. The van der Waals surface area contributed by atoms with Crippen LogP contribution in [0.25, 0.3) is 0 Å². The molecular formula is C54H101N2O6P. The van der Waals surface area contributed by atoms with E-state index < -0.39 is 20.0 Å². The van der Waals surface area contributed by atoms with Crippen LogP contribution < -0.4 is 10.2 Å². The van der Waals surface area contributed by atoms with Crippen LogP contribution in [0.3, 0.4) is 0 Å². The molecule has 0 rings (SSSR count). The number of likely N-dealkylation sites (N-methyl/N-ethyl adjacent to an activating group) is 1. The van der Waals surface area contributed by atoms with Gasteiger partial charge in [-0.2, -0.15) is 0 Å². The van der Waals surface area contributed by atoms with Gasteiger partial charge in [0.15, 0.2) is 0 Å². The number of rotatable bonds is 47. The lowest BCUT2D eigenvalue weighted by Crippen LogP contribution is -2.46. The number of aliphatic hydroxyl groups excluding tert-OH is 1.